The van der Waals surface area contributed by atoms with E-state index in [4.69, 9.17) is 0 Å². The Balaban J connectivity index is 1.99. The first-order valence-corrected chi connectivity index (χ1v) is 6.69. The lowest BCUT2D eigenvalue weighted by Crippen LogP contribution is -2.42. The molecule has 0 saturated carbocycles. The number of nitriles is 1. The molecule has 2 aromatic heterocycles. The number of pyridine rings is 1. The van der Waals surface area contributed by atoms with E-state index >= 15 is 0 Å². The van der Waals surface area contributed by atoms with Crippen LogP contribution in [0, 0.1) is 17.2 Å². The molecule has 0 aromatic carbocycles. The number of hydrogen-bond acceptors (Lipinski definition) is 3. The van der Waals surface area contributed by atoms with Gasteiger partial charge in [0.1, 0.15) is 11.7 Å². The number of alkyl halides is 3. The first kappa shape index (κ1) is 13.7. The van der Waals surface area contributed by atoms with Crippen LogP contribution in [0.25, 0.3) is 5.65 Å². The van der Waals surface area contributed by atoms with Gasteiger partial charge >= 0.3 is 6.18 Å². The van der Waals surface area contributed by atoms with E-state index in [1.54, 1.807) is 33.7 Å². The predicted octanol–water partition coefficient (Wildman–Crippen LogP) is 2.98. The lowest BCUT2D eigenvalue weighted by atomic mass is 9.97. The average Bonchev–Trinajstić information content (AvgIpc) is 2.85. The van der Waals surface area contributed by atoms with E-state index in [0.29, 0.717) is 24.4 Å². The van der Waals surface area contributed by atoms with Crippen LogP contribution in [0.5, 0.6) is 0 Å². The molecule has 1 aliphatic heterocycles. The summed E-state index contributed by atoms with van der Waals surface area (Å²) >= 11 is 0. The fourth-order valence-corrected chi connectivity index (χ4v) is 2.74. The van der Waals surface area contributed by atoms with Crippen molar-refractivity contribution in [1.82, 2.24) is 9.38 Å². The van der Waals surface area contributed by atoms with E-state index in [0.717, 1.165) is 0 Å². The number of aromatic nitrogens is 2. The molecule has 0 N–H and O–H groups in total. The third-order valence-corrected chi connectivity index (χ3v) is 3.80. The summed E-state index contributed by atoms with van der Waals surface area (Å²) in [6.07, 6.45) is -1.93. The maximum Gasteiger partial charge on any atom is 0.393 e. The smallest absolute Gasteiger partial charge is 0.354 e. The third kappa shape index (κ3) is 2.42. The number of piperidine rings is 1. The van der Waals surface area contributed by atoms with Crippen molar-refractivity contribution >= 4 is 11.5 Å². The molecule has 1 saturated heterocycles. The van der Waals surface area contributed by atoms with Gasteiger partial charge in [-0.15, -0.1) is 0 Å². The average molecular weight is 294 g/mol. The lowest BCUT2D eigenvalue weighted by Gasteiger charge is -2.33. The fourth-order valence-electron chi connectivity index (χ4n) is 2.74. The highest BCUT2D eigenvalue weighted by Crippen LogP contribution is 2.35. The summed E-state index contributed by atoms with van der Waals surface area (Å²) in [6.45, 7) is 0.354. The molecule has 0 aliphatic carbocycles. The van der Waals surface area contributed by atoms with E-state index in [1.807, 2.05) is 6.07 Å². The second kappa shape index (κ2) is 4.95. The summed E-state index contributed by atoms with van der Waals surface area (Å²) < 4.78 is 40.3. The topological polar surface area (TPSA) is 44.3 Å². The highest BCUT2D eigenvalue weighted by atomic mass is 19.4. The Kier molecular flexibility index (Phi) is 3.24. The number of anilines is 1. The van der Waals surface area contributed by atoms with Gasteiger partial charge in [-0.05, 0) is 25.0 Å². The molecular formula is C14H13F3N4. The molecule has 1 aliphatic rings. The van der Waals surface area contributed by atoms with E-state index in [-0.39, 0.29) is 18.7 Å². The first-order valence-electron chi connectivity index (χ1n) is 6.69. The molecule has 0 spiro atoms. The second-order valence-corrected chi connectivity index (χ2v) is 5.15. The summed E-state index contributed by atoms with van der Waals surface area (Å²) in [5, 5.41) is 9.30. The number of hydrogen-bond donors (Lipinski definition) is 0. The maximum atomic E-state index is 12.9. The van der Waals surface area contributed by atoms with Gasteiger partial charge in [-0.1, -0.05) is 6.07 Å². The molecule has 2 aromatic rings. The standard InChI is InChI=1S/C14H13F3N4/c15-14(16,17)10-4-3-6-20(9-10)13-11(8-18)21-7-2-1-5-12(21)19-13/h1-2,5,7,10H,3-4,6,9H2/t10-/m1/s1. The minimum atomic E-state index is -4.20. The van der Waals surface area contributed by atoms with Crippen LogP contribution in [0.15, 0.2) is 24.4 Å². The van der Waals surface area contributed by atoms with Gasteiger partial charge in [-0.25, -0.2) is 4.98 Å². The molecule has 7 heteroatoms. The fraction of sp³-hybridized carbons (Fsp3) is 0.429. The summed E-state index contributed by atoms with van der Waals surface area (Å²) in [6, 6.07) is 7.32. The molecular weight excluding hydrogens is 281 g/mol. The van der Waals surface area contributed by atoms with Crippen LogP contribution in [0.2, 0.25) is 0 Å². The molecule has 1 atom stereocenters. The molecule has 0 bridgehead atoms. The van der Waals surface area contributed by atoms with Crippen LogP contribution in [0.4, 0.5) is 19.0 Å². The van der Waals surface area contributed by atoms with Crippen molar-refractivity contribution in [3.8, 4) is 6.07 Å². The van der Waals surface area contributed by atoms with Crippen LogP contribution in [0.3, 0.4) is 0 Å². The number of nitrogens with zero attached hydrogens (tertiary/aromatic N) is 4. The van der Waals surface area contributed by atoms with E-state index in [2.05, 4.69) is 4.98 Å². The van der Waals surface area contributed by atoms with Crippen molar-refractivity contribution in [2.75, 3.05) is 18.0 Å². The molecule has 3 rings (SSSR count). The van der Waals surface area contributed by atoms with E-state index in [1.165, 1.54) is 0 Å². The van der Waals surface area contributed by atoms with Gasteiger partial charge in [0.05, 0.1) is 5.92 Å². The summed E-state index contributed by atoms with van der Waals surface area (Å²) in [4.78, 5) is 5.90. The van der Waals surface area contributed by atoms with Gasteiger partial charge in [-0.2, -0.15) is 18.4 Å². The van der Waals surface area contributed by atoms with Crippen LogP contribution < -0.4 is 4.90 Å². The van der Waals surface area contributed by atoms with Gasteiger partial charge in [0.2, 0.25) is 0 Å². The zero-order valence-corrected chi connectivity index (χ0v) is 11.1. The predicted molar refractivity (Wildman–Crippen MR) is 70.9 cm³/mol. The SMILES string of the molecule is N#Cc1c(N2CCC[C@@H](C(F)(F)F)C2)nc2ccccn12. The zero-order valence-electron chi connectivity index (χ0n) is 11.1. The van der Waals surface area contributed by atoms with Crippen LogP contribution in [-0.2, 0) is 0 Å². The quantitative estimate of drug-likeness (QED) is 0.812. The van der Waals surface area contributed by atoms with Crippen LogP contribution in [-0.4, -0.2) is 28.7 Å². The second-order valence-electron chi connectivity index (χ2n) is 5.15. The van der Waals surface area contributed by atoms with Crippen molar-refractivity contribution < 1.29 is 13.2 Å². The highest BCUT2D eigenvalue weighted by molar-refractivity contribution is 5.60. The Morgan fingerprint density at radius 3 is 2.86 bits per heavy atom. The first-order chi connectivity index (χ1) is 10.0. The van der Waals surface area contributed by atoms with Crippen molar-refractivity contribution in [1.29, 1.82) is 5.26 Å². The van der Waals surface area contributed by atoms with Crippen molar-refractivity contribution in [3.63, 3.8) is 0 Å². The summed E-state index contributed by atoms with van der Waals surface area (Å²) in [5.74, 6) is -1.01. The number of rotatable bonds is 1. The van der Waals surface area contributed by atoms with Crippen molar-refractivity contribution in [2.24, 2.45) is 5.92 Å². The lowest BCUT2D eigenvalue weighted by molar-refractivity contribution is -0.176. The molecule has 1 fully saturated rings. The Bertz CT molecular complexity index is 698. The monoisotopic (exact) mass is 294 g/mol. The Morgan fingerprint density at radius 2 is 2.14 bits per heavy atom. The van der Waals surface area contributed by atoms with E-state index < -0.39 is 12.1 Å². The van der Waals surface area contributed by atoms with Gasteiger partial charge in [0.25, 0.3) is 0 Å². The van der Waals surface area contributed by atoms with Gasteiger partial charge < -0.3 is 4.90 Å². The van der Waals surface area contributed by atoms with Crippen LogP contribution in [0.1, 0.15) is 18.5 Å². The zero-order chi connectivity index (χ0) is 15.0. The minimum Gasteiger partial charge on any atom is -0.354 e. The van der Waals surface area contributed by atoms with E-state index in [9.17, 15) is 18.4 Å². The summed E-state index contributed by atoms with van der Waals surface area (Å²) in [5.41, 5.74) is 0.853. The molecule has 0 amide bonds. The van der Waals surface area contributed by atoms with Gasteiger partial charge in [0.15, 0.2) is 11.5 Å². The molecule has 0 radical (unpaired) electrons. The van der Waals surface area contributed by atoms with Crippen LogP contribution >= 0.6 is 0 Å². The Labute approximate surface area is 119 Å². The van der Waals surface area contributed by atoms with Crippen molar-refractivity contribution in [3.05, 3.63) is 30.1 Å². The maximum absolute atomic E-state index is 12.9. The third-order valence-electron chi connectivity index (χ3n) is 3.80. The Hall–Kier alpha value is -2.23. The molecule has 21 heavy (non-hydrogen) atoms. The number of fused-ring (bicyclic) bond motifs is 1. The normalized spacial score (nSPS) is 19.7. The molecule has 4 nitrogen and oxygen atoms in total. The van der Waals surface area contributed by atoms with Gasteiger partial charge in [0, 0.05) is 19.3 Å². The summed E-state index contributed by atoms with van der Waals surface area (Å²) in [7, 11) is 0. The number of halogens is 3. The molecule has 110 valence electrons. The Morgan fingerprint density at radius 1 is 1.33 bits per heavy atom. The largest absolute Gasteiger partial charge is 0.393 e. The molecule has 3 heterocycles. The number of imidazole rings is 1. The minimum absolute atomic E-state index is 0.134. The van der Waals surface area contributed by atoms with Gasteiger partial charge in [-0.3, -0.25) is 4.40 Å². The highest BCUT2D eigenvalue weighted by Gasteiger charge is 2.42. The molecule has 0 unspecified atom stereocenters. The van der Waals surface area contributed by atoms with Crippen molar-refractivity contribution in [2.45, 2.75) is 19.0 Å².